The molecule has 188 valence electrons. The minimum Gasteiger partial charge on any atom is -0.444 e. The highest BCUT2D eigenvalue weighted by Gasteiger charge is 2.50. The van der Waals surface area contributed by atoms with Crippen LogP contribution in [0.25, 0.3) is 0 Å². The topological polar surface area (TPSA) is 115 Å². The summed E-state index contributed by atoms with van der Waals surface area (Å²) in [4.78, 5) is 22.9. The number of carbonyl (C=O) groups excluding carboxylic acids is 1. The van der Waals surface area contributed by atoms with E-state index in [1.807, 2.05) is 0 Å². The predicted molar refractivity (Wildman–Crippen MR) is 135 cm³/mol. The van der Waals surface area contributed by atoms with Gasteiger partial charge in [0.15, 0.2) is 5.82 Å². The molecule has 4 unspecified atom stereocenters. The number of anilines is 3. The molecule has 4 atom stereocenters. The molecule has 2 aliphatic carbocycles. The van der Waals surface area contributed by atoms with Gasteiger partial charge in [-0.1, -0.05) is 17.7 Å². The molecule has 9 nitrogen and oxygen atoms in total. The summed E-state index contributed by atoms with van der Waals surface area (Å²) in [5.74, 6) is 1.72. The van der Waals surface area contributed by atoms with Gasteiger partial charge in [0.1, 0.15) is 11.1 Å². The van der Waals surface area contributed by atoms with Crippen molar-refractivity contribution in [3.05, 3.63) is 40.5 Å². The first-order valence-corrected chi connectivity index (χ1v) is 12.7. The fourth-order valence-electron chi connectivity index (χ4n) is 5.85. The van der Waals surface area contributed by atoms with Crippen LogP contribution in [0, 0.1) is 11.8 Å². The summed E-state index contributed by atoms with van der Waals surface area (Å²) in [6, 6.07) is 6.39. The van der Waals surface area contributed by atoms with Crippen LogP contribution >= 0.6 is 11.6 Å². The number of nitrogens with one attached hydrogen (secondary N) is 2. The zero-order chi connectivity index (χ0) is 24.4. The fraction of sp³-hybridized carbons (Fsp3) is 0.560. The van der Waals surface area contributed by atoms with Crippen molar-refractivity contribution < 1.29 is 14.3 Å². The second kappa shape index (κ2) is 10.6. The number of aromatic nitrogens is 2. The van der Waals surface area contributed by atoms with Gasteiger partial charge in [-0.15, -0.1) is 0 Å². The molecule has 35 heavy (non-hydrogen) atoms. The lowest BCUT2D eigenvalue weighted by Gasteiger charge is -2.31. The molecular formula is C25H33ClN6O3. The van der Waals surface area contributed by atoms with Crippen LogP contribution in [0.1, 0.15) is 30.4 Å². The smallest absolute Gasteiger partial charge is 0.404 e. The Bertz CT molecular complexity index is 1070. The van der Waals surface area contributed by atoms with Gasteiger partial charge in [0.25, 0.3) is 0 Å². The third-order valence-electron chi connectivity index (χ3n) is 7.61. The van der Waals surface area contributed by atoms with Crippen molar-refractivity contribution in [1.82, 2.24) is 14.9 Å². The lowest BCUT2D eigenvalue weighted by Crippen LogP contribution is -2.43. The maximum Gasteiger partial charge on any atom is 0.404 e. The summed E-state index contributed by atoms with van der Waals surface area (Å²) >= 11 is 6.43. The normalized spacial score (nSPS) is 25.7. The van der Waals surface area contributed by atoms with E-state index in [1.165, 1.54) is 11.1 Å². The van der Waals surface area contributed by atoms with Gasteiger partial charge in [-0.05, 0) is 67.2 Å². The van der Waals surface area contributed by atoms with E-state index >= 15 is 0 Å². The van der Waals surface area contributed by atoms with Crippen molar-refractivity contribution in [2.75, 3.05) is 44.0 Å². The minimum absolute atomic E-state index is 0.0601. The summed E-state index contributed by atoms with van der Waals surface area (Å²) < 4.78 is 10.7. The number of benzene rings is 1. The standard InChI is InChI=1S/C25H33ClN6O3/c1-34-11-10-32-8-6-15-4-5-19(13-16(15)7-9-32)29-25-28-14-20(26)23(31-25)30-21-17-2-3-18(12-17)22(21)35-24(27)33/h4-5,13-14,17-18,21-22H,2-3,6-12H2,1H3,(H2,27,33)(H2,28,29,30,31). The maximum absolute atomic E-state index is 11.4. The number of nitrogens with zero attached hydrogens (tertiary/aromatic N) is 3. The average Bonchev–Trinajstić information content (AvgIpc) is 3.37. The van der Waals surface area contributed by atoms with Crippen molar-refractivity contribution in [3.8, 4) is 0 Å². The van der Waals surface area contributed by atoms with Gasteiger partial charge in [0.2, 0.25) is 5.95 Å². The number of carbonyl (C=O) groups is 1. The van der Waals surface area contributed by atoms with Crippen LogP contribution in [0.15, 0.2) is 24.4 Å². The SMILES string of the molecule is COCCN1CCc2ccc(Nc3ncc(Cl)c(NC4C5CCC(C5)C4OC(N)=O)n3)cc2CC1. The number of hydrogen-bond donors (Lipinski definition) is 3. The molecule has 2 heterocycles. The zero-order valence-corrected chi connectivity index (χ0v) is 20.8. The third-order valence-corrected chi connectivity index (χ3v) is 7.89. The van der Waals surface area contributed by atoms with E-state index in [2.05, 4.69) is 43.7 Å². The molecule has 2 aromatic rings. The Morgan fingerprint density at radius 2 is 2.03 bits per heavy atom. The minimum atomic E-state index is -0.740. The molecule has 2 bridgehead atoms. The first kappa shape index (κ1) is 24.1. The van der Waals surface area contributed by atoms with Crippen molar-refractivity contribution >= 4 is 35.1 Å². The van der Waals surface area contributed by atoms with E-state index in [0.717, 1.165) is 64.0 Å². The van der Waals surface area contributed by atoms with Crippen LogP contribution in [-0.4, -0.2) is 66.5 Å². The van der Waals surface area contributed by atoms with Gasteiger partial charge in [-0.25, -0.2) is 9.78 Å². The second-order valence-corrected chi connectivity index (χ2v) is 10.1. The van der Waals surface area contributed by atoms with Crippen molar-refractivity contribution in [1.29, 1.82) is 0 Å². The van der Waals surface area contributed by atoms with Crippen LogP contribution < -0.4 is 16.4 Å². The zero-order valence-electron chi connectivity index (χ0n) is 20.0. The van der Waals surface area contributed by atoms with Crippen molar-refractivity contribution in [3.63, 3.8) is 0 Å². The molecule has 0 spiro atoms. The summed E-state index contributed by atoms with van der Waals surface area (Å²) in [7, 11) is 1.75. The summed E-state index contributed by atoms with van der Waals surface area (Å²) in [5.41, 5.74) is 8.99. The number of primary amides is 1. The molecule has 10 heteroatoms. The number of fused-ring (bicyclic) bond motifs is 3. The van der Waals surface area contributed by atoms with Crippen LogP contribution in [-0.2, 0) is 22.3 Å². The number of rotatable bonds is 8. The lowest BCUT2D eigenvalue weighted by molar-refractivity contribution is 0.0643. The Balaban J connectivity index is 1.28. The summed E-state index contributed by atoms with van der Waals surface area (Å²) in [6.07, 6.45) is 5.77. The molecule has 2 saturated carbocycles. The molecule has 1 amide bonds. The maximum atomic E-state index is 11.4. The van der Waals surface area contributed by atoms with E-state index < -0.39 is 6.09 Å². The number of halogens is 1. The Hall–Kier alpha value is -2.62. The molecule has 1 aromatic carbocycles. The van der Waals surface area contributed by atoms with Crippen LogP contribution in [0.4, 0.5) is 22.2 Å². The number of ether oxygens (including phenoxy) is 2. The van der Waals surface area contributed by atoms with E-state index in [1.54, 1.807) is 13.3 Å². The fourth-order valence-corrected chi connectivity index (χ4v) is 6.00. The van der Waals surface area contributed by atoms with E-state index in [0.29, 0.717) is 28.6 Å². The van der Waals surface area contributed by atoms with Crippen molar-refractivity contribution in [2.24, 2.45) is 17.6 Å². The molecule has 5 rings (SSSR count). The van der Waals surface area contributed by atoms with Gasteiger partial charge in [0.05, 0.1) is 18.8 Å². The number of methoxy groups -OCH3 is 1. The lowest BCUT2D eigenvalue weighted by atomic mass is 9.92. The van der Waals surface area contributed by atoms with Gasteiger partial charge in [-0.3, -0.25) is 0 Å². The Morgan fingerprint density at radius 3 is 2.83 bits per heavy atom. The summed E-state index contributed by atoms with van der Waals surface area (Å²) in [5, 5.41) is 7.19. The number of hydrogen-bond acceptors (Lipinski definition) is 8. The van der Waals surface area contributed by atoms with Gasteiger partial charge in [0, 0.05) is 32.4 Å². The van der Waals surface area contributed by atoms with E-state index in [-0.39, 0.29) is 12.1 Å². The predicted octanol–water partition coefficient (Wildman–Crippen LogP) is 3.59. The molecule has 2 fully saturated rings. The quantitative estimate of drug-likeness (QED) is 0.503. The Kier molecular flexibility index (Phi) is 7.27. The highest BCUT2D eigenvalue weighted by Crippen LogP contribution is 2.47. The van der Waals surface area contributed by atoms with Crippen molar-refractivity contribution in [2.45, 2.75) is 44.2 Å². The largest absolute Gasteiger partial charge is 0.444 e. The van der Waals surface area contributed by atoms with Gasteiger partial charge >= 0.3 is 6.09 Å². The molecule has 0 radical (unpaired) electrons. The Morgan fingerprint density at radius 1 is 1.23 bits per heavy atom. The summed E-state index contributed by atoms with van der Waals surface area (Å²) in [6.45, 7) is 3.77. The number of nitrogens with two attached hydrogens (primary N) is 1. The first-order valence-electron chi connectivity index (χ1n) is 12.4. The molecule has 1 aliphatic heterocycles. The molecule has 4 N–H and O–H groups in total. The molecule has 3 aliphatic rings. The first-order chi connectivity index (χ1) is 17.0. The Labute approximate surface area is 210 Å². The molecule has 0 saturated heterocycles. The van der Waals surface area contributed by atoms with Gasteiger partial charge in [-0.2, -0.15) is 4.98 Å². The van der Waals surface area contributed by atoms with E-state index in [9.17, 15) is 4.79 Å². The van der Waals surface area contributed by atoms with E-state index in [4.69, 9.17) is 26.8 Å². The van der Waals surface area contributed by atoms with Crippen LogP contribution in [0.3, 0.4) is 0 Å². The van der Waals surface area contributed by atoms with Crippen LogP contribution in [0.2, 0.25) is 5.02 Å². The molecule has 1 aromatic heterocycles. The van der Waals surface area contributed by atoms with Gasteiger partial charge < -0.3 is 30.7 Å². The monoisotopic (exact) mass is 500 g/mol. The third kappa shape index (κ3) is 5.47. The second-order valence-electron chi connectivity index (χ2n) is 9.74. The average molecular weight is 501 g/mol. The highest BCUT2D eigenvalue weighted by molar-refractivity contribution is 6.32. The molecular weight excluding hydrogens is 468 g/mol. The number of amides is 1. The highest BCUT2D eigenvalue weighted by atomic mass is 35.5. The van der Waals surface area contributed by atoms with Crippen LogP contribution in [0.5, 0.6) is 0 Å².